The Bertz CT molecular complexity index is 464. The lowest BCUT2D eigenvalue weighted by atomic mass is 10.3. The van der Waals surface area contributed by atoms with E-state index in [0.29, 0.717) is 15.9 Å². The van der Waals surface area contributed by atoms with Gasteiger partial charge in [0.1, 0.15) is 11.8 Å². The minimum atomic E-state index is -1.10. The average Bonchev–Trinajstić information content (AvgIpc) is 2.31. The van der Waals surface area contributed by atoms with Gasteiger partial charge in [0.2, 0.25) is 0 Å². The maximum Gasteiger partial charge on any atom is 0.325 e. The number of carboxylic acid groups (broad SMARTS) is 1. The fourth-order valence-corrected chi connectivity index (χ4v) is 1.49. The molecule has 1 aromatic carbocycles. The number of rotatable bonds is 4. The number of carboxylic acids is 1. The molecule has 98 valence electrons. The van der Waals surface area contributed by atoms with Crippen molar-refractivity contribution >= 4 is 33.6 Å². The molecule has 0 unspecified atom stereocenters. The van der Waals surface area contributed by atoms with Crippen molar-refractivity contribution in [1.29, 1.82) is 0 Å². The molecule has 3 N–H and O–H groups in total. The Morgan fingerprint density at radius 3 is 2.67 bits per heavy atom. The van der Waals surface area contributed by atoms with E-state index in [1.165, 1.54) is 14.0 Å². The third-order valence-electron chi connectivity index (χ3n) is 2.14. The molecule has 7 heteroatoms. The molecule has 0 spiro atoms. The van der Waals surface area contributed by atoms with Crippen LogP contribution in [-0.4, -0.2) is 30.3 Å². The molecule has 2 amide bonds. The molecule has 0 aliphatic carbocycles. The van der Waals surface area contributed by atoms with Crippen molar-refractivity contribution in [1.82, 2.24) is 5.32 Å². The quantitative estimate of drug-likeness (QED) is 0.793. The van der Waals surface area contributed by atoms with E-state index < -0.39 is 18.0 Å². The minimum absolute atomic E-state index is 0.490. The number of carbonyl (C=O) groups excluding carboxylic acids is 1. The van der Waals surface area contributed by atoms with Crippen LogP contribution in [0.25, 0.3) is 0 Å². The highest BCUT2D eigenvalue weighted by Crippen LogP contribution is 2.26. The van der Waals surface area contributed by atoms with Crippen LogP contribution in [0.2, 0.25) is 0 Å². The van der Waals surface area contributed by atoms with E-state index in [0.717, 1.165) is 0 Å². The van der Waals surface area contributed by atoms with Crippen LogP contribution in [0, 0.1) is 0 Å². The van der Waals surface area contributed by atoms with Gasteiger partial charge >= 0.3 is 12.0 Å². The third kappa shape index (κ3) is 3.92. The predicted molar refractivity (Wildman–Crippen MR) is 69.9 cm³/mol. The van der Waals surface area contributed by atoms with Crippen molar-refractivity contribution in [3.05, 3.63) is 22.7 Å². The molecule has 18 heavy (non-hydrogen) atoms. The van der Waals surface area contributed by atoms with E-state index >= 15 is 0 Å². The molecule has 0 saturated carbocycles. The van der Waals surface area contributed by atoms with Crippen molar-refractivity contribution in [2.24, 2.45) is 0 Å². The molecule has 0 heterocycles. The summed E-state index contributed by atoms with van der Waals surface area (Å²) in [5.41, 5.74) is 0.490. The van der Waals surface area contributed by atoms with Crippen LogP contribution in [0.5, 0.6) is 5.75 Å². The molecule has 0 bridgehead atoms. The van der Waals surface area contributed by atoms with Crippen molar-refractivity contribution in [3.8, 4) is 5.75 Å². The summed E-state index contributed by atoms with van der Waals surface area (Å²) in [5.74, 6) is -0.519. The number of urea groups is 1. The molecule has 1 atom stereocenters. The van der Waals surface area contributed by atoms with E-state index in [4.69, 9.17) is 9.84 Å². The first-order chi connectivity index (χ1) is 8.43. The van der Waals surface area contributed by atoms with Crippen LogP contribution in [0.15, 0.2) is 22.7 Å². The number of anilines is 1. The molecular weight excluding hydrogens is 304 g/mol. The maximum absolute atomic E-state index is 11.5. The van der Waals surface area contributed by atoms with E-state index in [9.17, 15) is 9.59 Å². The molecule has 0 radical (unpaired) electrons. The average molecular weight is 317 g/mol. The summed E-state index contributed by atoms with van der Waals surface area (Å²) in [7, 11) is 1.51. The van der Waals surface area contributed by atoms with Crippen molar-refractivity contribution < 1.29 is 19.4 Å². The standard InChI is InChI=1S/C11H13BrN2O4/c1-6(10(15)16)13-11(17)14-9-5-7(18-2)3-4-8(9)12/h3-6H,1-2H3,(H,15,16)(H2,13,14,17)/t6-/m1/s1. The highest BCUT2D eigenvalue weighted by Gasteiger charge is 2.14. The molecule has 0 saturated heterocycles. The van der Waals surface area contributed by atoms with Crippen LogP contribution < -0.4 is 15.4 Å². The van der Waals surface area contributed by atoms with Gasteiger partial charge in [0.05, 0.1) is 12.8 Å². The number of methoxy groups -OCH3 is 1. The van der Waals surface area contributed by atoms with Gasteiger partial charge in [-0.3, -0.25) is 4.79 Å². The minimum Gasteiger partial charge on any atom is -0.497 e. The second-order valence-electron chi connectivity index (χ2n) is 3.50. The number of nitrogens with one attached hydrogen (secondary N) is 2. The van der Waals surface area contributed by atoms with Crippen LogP contribution in [0.4, 0.5) is 10.5 Å². The Balaban J connectivity index is 2.72. The number of halogens is 1. The summed E-state index contributed by atoms with van der Waals surface area (Å²) >= 11 is 3.27. The zero-order valence-electron chi connectivity index (χ0n) is 9.86. The highest BCUT2D eigenvalue weighted by molar-refractivity contribution is 9.10. The van der Waals surface area contributed by atoms with E-state index in [1.807, 2.05) is 0 Å². The SMILES string of the molecule is COc1ccc(Br)c(NC(=O)N[C@H](C)C(=O)O)c1. The van der Waals surface area contributed by atoms with Gasteiger partial charge in [0.15, 0.2) is 0 Å². The molecule has 0 aliphatic heterocycles. The van der Waals surface area contributed by atoms with Crippen LogP contribution in [0.3, 0.4) is 0 Å². The van der Waals surface area contributed by atoms with Crippen molar-refractivity contribution in [2.75, 3.05) is 12.4 Å². The van der Waals surface area contributed by atoms with Gasteiger partial charge in [0.25, 0.3) is 0 Å². The third-order valence-corrected chi connectivity index (χ3v) is 2.83. The maximum atomic E-state index is 11.5. The zero-order valence-corrected chi connectivity index (χ0v) is 11.4. The molecule has 1 aromatic rings. The van der Waals surface area contributed by atoms with Crippen molar-refractivity contribution in [2.45, 2.75) is 13.0 Å². The van der Waals surface area contributed by atoms with Gasteiger partial charge in [-0.05, 0) is 35.0 Å². The Labute approximate surface area is 112 Å². The summed E-state index contributed by atoms with van der Waals surface area (Å²) < 4.78 is 5.69. The second kappa shape index (κ2) is 6.25. The number of ether oxygens (including phenoxy) is 1. The lowest BCUT2D eigenvalue weighted by Crippen LogP contribution is -2.40. The number of hydrogen-bond donors (Lipinski definition) is 3. The van der Waals surface area contributed by atoms with E-state index in [1.54, 1.807) is 18.2 Å². The largest absolute Gasteiger partial charge is 0.497 e. The fourth-order valence-electron chi connectivity index (χ4n) is 1.14. The van der Waals surface area contributed by atoms with Gasteiger partial charge in [-0.15, -0.1) is 0 Å². The summed E-state index contributed by atoms with van der Waals surface area (Å²) in [6.45, 7) is 1.38. The van der Waals surface area contributed by atoms with Gasteiger partial charge in [-0.25, -0.2) is 4.79 Å². The number of aliphatic carboxylic acids is 1. The van der Waals surface area contributed by atoms with Crippen LogP contribution >= 0.6 is 15.9 Å². The van der Waals surface area contributed by atoms with E-state index in [-0.39, 0.29) is 0 Å². The molecular formula is C11H13BrN2O4. The molecule has 1 rings (SSSR count). The number of amides is 2. The van der Waals surface area contributed by atoms with Crippen molar-refractivity contribution in [3.63, 3.8) is 0 Å². The van der Waals surface area contributed by atoms with Gasteiger partial charge in [-0.2, -0.15) is 0 Å². The lowest BCUT2D eigenvalue weighted by Gasteiger charge is -2.12. The first-order valence-electron chi connectivity index (χ1n) is 5.08. The monoisotopic (exact) mass is 316 g/mol. The normalized spacial score (nSPS) is 11.5. The molecule has 0 aliphatic rings. The van der Waals surface area contributed by atoms with Gasteiger partial charge in [0, 0.05) is 10.5 Å². The number of hydrogen-bond acceptors (Lipinski definition) is 3. The first-order valence-corrected chi connectivity index (χ1v) is 5.87. The van der Waals surface area contributed by atoms with Gasteiger partial charge < -0.3 is 20.5 Å². The predicted octanol–water partition coefficient (Wildman–Crippen LogP) is 2.05. The molecule has 6 nitrogen and oxygen atoms in total. The number of carbonyl (C=O) groups is 2. The second-order valence-corrected chi connectivity index (χ2v) is 4.36. The van der Waals surface area contributed by atoms with Crippen LogP contribution in [-0.2, 0) is 4.79 Å². The molecule has 0 fully saturated rings. The Hall–Kier alpha value is -1.76. The Morgan fingerprint density at radius 2 is 2.11 bits per heavy atom. The topological polar surface area (TPSA) is 87.7 Å². The van der Waals surface area contributed by atoms with Gasteiger partial charge in [-0.1, -0.05) is 0 Å². The summed E-state index contributed by atoms with van der Waals surface area (Å²) in [4.78, 5) is 22.1. The highest BCUT2D eigenvalue weighted by atomic mass is 79.9. The summed E-state index contributed by atoms with van der Waals surface area (Å²) in [5, 5.41) is 13.5. The summed E-state index contributed by atoms with van der Waals surface area (Å²) in [6, 6.07) is 3.50. The fraction of sp³-hybridized carbons (Fsp3) is 0.273. The Morgan fingerprint density at radius 1 is 1.44 bits per heavy atom. The summed E-state index contributed by atoms with van der Waals surface area (Å²) in [6.07, 6.45) is 0. The zero-order chi connectivity index (χ0) is 13.7. The van der Waals surface area contributed by atoms with Crippen LogP contribution in [0.1, 0.15) is 6.92 Å². The smallest absolute Gasteiger partial charge is 0.325 e. The number of benzene rings is 1. The lowest BCUT2D eigenvalue weighted by molar-refractivity contribution is -0.138. The molecule has 0 aromatic heterocycles. The first kappa shape index (κ1) is 14.3. The Kier molecular flexibility index (Phi) is 4.96. The van der Waals surface area contributed by atoms with E-state index in [2.05, 4.69) is 26.6 Å².